The molecule has 1 N–H and O–H groups in total. The second-order valence-corrected chi connectivity index (χ2v) is 6.36. The van der Waals surface area contributed by atoms with Gasteiger partial charge in [0.1, 0.15) is 5.82 Å². The number of hydrogen-bond acceptors (Lipinski definition) is 6. The summed E-state index contributed by atoms with van der Waals surface area (Å²) in [6, 6.07) is 3.82. The van der Waals surface area contributed by atoms with Crippen molar-refractivity contribution in [3.8, 4) is 17.2 Å². The number of benzene rings is 1. The lowest BCUT2D eigenvalue weighted by molar-refractivity contribution is -0.113. The van der Waals surface area contributed by atoms with Gasteiger partial charge in [0.15, 0.2) is 11.5 Å². The number of nitrogens with one attached hydrogen (secondary N) is 1. The van der Waals surface area contributed by atoms with Crippen molar-refractivity contribution >= 4 is 23.5 Å². The van der Waals surface area contributed by atoms with Gasteiger partial charge in [-0.05, 0) is 17.7 Å². The van der Waals surface area contributed by atoms with Crippen molar-refractivity contribution in [2.75, 3.05) is 32.4 Å². The number of rotatable bonds is 4. The molecule has 24 heavy (non-hydrogen) atoms. The number of anilines is 1. The second-order valence-electron chi connectivity index (χ2n) is 5.27. The summed E-state index contributed by atoms with van der Waals surface area (Å²) in [6.45, 7) is 0. The number of carbonyl (C=O) groups excluding carboxylic acids is 1. The van der Waals surface area contributed by atoms with E-state index in [2.05, 4.69) is 10.4 Å². The Labute approximate surface area is 144 Å². The maximum absolute atomic E-state index is 12.0. The van der Waals surface area contributed by atoms with E-state index in [1.807, 2.05) is 12.1 Å². The molecule has 1 amide bonds. The highest BCUT2D eigenvalue weighted by molar-refractivity contribution is 8.00. The summed E-state index contributed by atoms with van der Waals surface area (Å²) in [5.41, 5.74) is 1.91. The molecule has 1 aliphatic rings. The zero-order chi connectivity index (χ0) is 17.3. The Morgan fingerprint density at radius 2 is 1.88 bits per heavy atom. The highest BCUT2D eigenvalue weighted by Crippen LogP contribution is 2.46. The van der Waals surface area contributed by atoms with Crippen molar-refractivity contribution in [2.45, 2.75) is 5.25 Å². The molecular formula is C16H19N3O4S. The Morgan fingerprint density at radius 3 is 2.46 bits per heavy atom. The maximum atomic E-state index is 12.0. The van der Waals surface area contributed by atoms with Crippen molar-refractivity contribution in [2.24, 2.45) is 7.05 Å². The molecule has 1 aromatic heterocycles. The third-order valence-electron chi connectivity index (χ3n) is 3.88. The largest absolute Gasteiger partial charge is 0.493 e. The van der Waals surface area contributed by atoms with E-state index in [0.29, 0.717) is 28.8 Å². The summed E-state index contributed by atoms with van der Waals surface area (Å²) in [5.74, 6) is 2.74. The van der Waals surface area contributed by atoms with Gasteiger partial charge >= 0.3 is 0 Å². The molecule has 2 heterocycles. The lowest BCUT2D eigenvalue weighted by Gasteiger charge is -2.18. The predicted molar refractivity (Wildman–Crippen MR) is 92.2 cm³/mol. The van der Waals surface area contributed by atoms with Gasteiger partial charge < -0.3 is 19.5 Å². The van der Waals surface area contributed by atoms with Crippen molar-refractivity contribution in [3.05, 3.63) is 29.5 Å². The maximum Gasteiger partial charge on any atom is 0.235 e. The van der Waals surface area contributed by atoms with Gasteiger partial charge in [-0.1, -0.05) is 0 Å². The number of fused-ring (bicyclic) bond motifs is 1. The summed E-state index contributed by atoms with van der Waals surface area (Å²) < 4.78 is 17.9. The van der Waals surface area contributed by atoms with Crippen LogP contribution in [-0.2, 0) is 11.8 Å². The SMILES string of the molecule is COc1cc([C@H]2SCC(=O)Nc3c2cnn3C)cc(OC)c1OC. The third kappa shape index (κ3) is 2.77. The molecule has 0 radical (unpaired) electrons. The molecule has 0 saturated heterocycles. The Bertz CT molecular complexity index is 750. The topological polar surface area (TPSA) is 74.6 Å². The smallest absolute Gasteiger partial charge is 0.235 e. The standard InChI is InChI=1S/C16H19N3O4S/c1-19-16-10(7-17-19)15(24-8-13(20)18-16)9-5-11(21-2)14(23-4)12(6-9)22-3/h5-7,15H,8H2,1-4H3,(H,18,20)/t15-/m1/s1. The Kier molecular flexibility index (Phi) is 4.57. The molecule has 2 aromatic rings. The second kappa shape index (κ2) is 6.64. The fourth-order valence-electron chi connectivity index (χ4n) is 2.74. The number of amides is 1. The van der Waals surface area contributed by atoms with Crippen LogP contribution < -0.4 is 19.5 Å². The first-order valence-corrected chi connectivity index (χ1v) is 8.37. The lowest BCUT2D eigenvalue weighted by Crippen LogP contribution is -2.15. The van der Waals surface area contributed by atoms with Gasteiger partial charge in [-0.3, -0.25) is 9.48 Å². The molecule has 0 unspecified atom stereocenters. The van der Waals surface area contributed by atoms with Crippen LogP contribution in [0.15, 0.2) is 18.3 Å². The van der Waals surface area contributed by atoms with Crippen LogP contribution in [0.3, 0.4) is 0 Å². The number of nitrogens with zero attached hydrogens (tertiary/aromatic N) is 2. The molecule has 1 aromatic carbocycles. The quantitative estimate of drug-likeness (QED) is 0.912. The number of methoxy groups -OCH3 is 3. The molecule has 8 heteroatoms. The lowest BCUT2D eigenvalue weighted by atomic mass is 10.0. The first kappa shape index (κ1) is 16.5. The van der Waals surface area contributed by atoms with Crippen LogP contribution in [0.25, 0.3) is 0 Å². The number of aromatic nitrogens is 2. The number of aryl methyl sites for hydroxylation is 1. The normalized spacial score (nSPS) is 16.8. The van der Waals surface area contributed by atoms with E-state index in [0.717, 1.165) is 11.1 Å². The molecule has 7 nitrogen and oxygen atoms in total. The predicted octanol–water partition coefficient (Wildman–Crippen LogP) is 2.22. The average molecular weight is 349 g/mol. The molecule has 1 aliphatic heterocycles. The monoisotopic (exact) mass is 349 g/mol. The Morgan fingerprint density at radius 1 is 1.21 bits per heavy atom. The molecule has 3 rings (SSSR count). The first-order valence-electron chi connectivity index (χ1n) is 7.32. The highest BCUT2D eigenvalue weighted by Gasteiger charge is 2.28. The zero-order valence-electron chi connectivity index (χ0n) is 14.0. The van der Waals surface area contributed by atoms with Gasteiger partial charge in [0.2, 0.25) is 11.7 Å². The van der Waals surface area contributed by atoms with Crippen LogP contribution in [-0.4, -0.2) is 42.8 Å². The van der Waals surface area contributed by atoms with E-state index >= 15 is 0 Å². The summed E-state index contributed by atoms with van der Waals surface area (Å²) in [4.78, 5) is 12.0. The summed E-state index contributed by atoms with van der Waals surface area (Å²) in [7, 11) is 6.55. The number of ether oxygens (including phenoxy) is 3. The van der Waals surface area contributed by atoms with E-state index < -0.39 is 0 Å². The van der Waals surface area contributed by atoms with Crippen molar-refractivity contribution in [1.82, 2.24) is 9.78 Å². The van der Waals surface area contributed by atoms with Gasteiger partial charge in [0.25, 0.3) is 0 Å². The van der Waals surface area contributed by atoms with E-state index in [-0.39, 0.29) is 11.2 Å². The van der Waals surface area contributed by atoms with Crippen molar-refractivity contribution in [1.29, 1.82) is 0 Å². The van der Waals surface area contributed by atoms with E-state index in [9.17, 15) is 4.79 Å². The first-order chi connectivity index (χ1) is 11.6. The van der Waals surface area contributed by atoms with Crippen LogP contribution in [0.1, 0.15) is 16.4 Å². The van der Waals surface area contributed by atoms with Crippen molar-refractivity contribution < 1.29 is 19.0 Å². The highest BCUT2D eigenvalue weighted by atomic mass is 32.2. The van der Waals surface area contributed by atoms with E-state index in [4.69, 9.17) is 14.2 Å². The minimum absolute atomic E-state index is 0.0419. The van der Waals surface area contributed by atoms with Crippen LogP contribution in [0.4, 0.5) is 5.82 Å². The minimum Gasteiger partial charge on any atom is -0.493 e. The molecule has 0 saturated carbocycles. The Balaban J connectivity index is 2.13. The van der Waals surface area contributed by atoms with Crippen LogP contribution >= 0.6 is 11.8 Å². The number of thioether (sulfide) groups is 1. The molecule has 1 atom stereocenters. The van der Waals surface area contributed by atoms with Crippen LogP contribution in [0.5, 0.6) is 17.2 Å². The van der Waals surface area contributed by atoms with E-state index in [1.54, 1.807) is 39.3 Å². The number of hydrogen-bond donors (Lipinski definition) is 1. The molecule has 0 spiro atoms. The van der Waals surface area contributed by atoms with Gasteiger partial charge in [0.05, 0.1) is 38.5 Å². The zero-order valence-corrected chi connectivity index (χ0v) is 14.8. The Hall–Kier alpha value is -2.35. The van der Waals surface area contributed by atoms with Gasteiger partial charge in [-0.2, -0.15) is 5.10 Å². The van der Waals surface area contributed by atoms with Gasteiger partial charge in [0, 0.05) is 12.6 Å². The van der Waals surface area contributed by atoms with Crippen molar-refractivity contribution in [3.63, 3.8) is 0 Å². The average Bonchev–Trinajstić information content (AvgIpc) is 2.85. The van der Waals surface area contributed by atoms with Crippen LogP contribution in [0.2, 0.25) is 0 Å². The number of carbonyl (C=O) groups is 1. The fraction of sp³-hybridized carbons (Fsp3) is 0.375. The van der Waals surface area contributed by atoms with Gasteiger partial charge in [-0.25, -0.2) is 0 Å². The summed E-state index contributed by atoms with van der Waals surface area (Å²) in [6.07, 6.45) is 1.78. The molecule has 0 aliphatic carbocycles. The fourth-order valence-corrected chi connectivity index (χ4v) is 3.82. The van der Waals surface area contributed by atoms with Crippen LogP contribution in [0, 0.1) is 0 Å². The molecule has 128 valence electrons. The molecule has 0 bridgehead atoms. The molecule has 0 fully saturated rings. The minimum atomic E-state index is -0.0682. The summed E-state index contributed by atoms with van der Waals surface area (Å²) >= 11 is 1.54. The summed E-state index contributed by atoms with van der Waals surface area (Å²) in [5, 5.41) is 7.11. The van der Waals surface area contributed by atoms with E-state index in [1.165, 1.54) is 11.8 Å². The third-order valence-corrected chi connectivity index (χ3v) is 5.17. The van der Waals surface area contributed by atoms with Gasteiger partial charge in [-0.15, -0.1) is 11.8 Å². The molecular weight excluding hydrogens is 330 g/mol.